The first-order valence-corrected chi connectivity index (χ1v) is 14.6. The summed E-state index contributed by atoms with van der Waals surface area (Å²) in [6, 6.07) is 20.8. The molecule has 3 aromatic rings. The van der Waals surface area contributed by atoms with Crippen LogP contribution >= 0.6 is 34.2 Å². The lowest BCUT2D eigenvalue weighted by molar-refractivity contribution is -0.139. The van der Waals surface area contributed by atoms with Crippen LogP contribution in [0.4, 0.5) is 5.69 Å². The van der Waals surface area contributed by atoms with Gasteiger partial charge < -0.3 is 10.2 Å². The molecule has 0 fully saturated rings. The van der Waals surface area contributed by atoms with Gasteiger partial charge >= 0.3 is 0 Å². The molecule has 1 unspecified atom stereocenters. The molecule has 3 rings (SSSR count). The van der Waals surface area contributed by atoms with Gasteiger partial charge in [0.25, 0.3) is 10.0 Å². The topological polar surface area (TPSA) is 86.8 Å². The second-order valence-corrected chi connectivity index (χ2v) is 12.3. The lowest BCUT2D eigenvalue weighted by Crippen LogP contribution is -2.52. The van der Waals surface area contributed by atoms with E-state index in [0.29, 0.717) is 16.3 Å². The lowest BCUT2D eigenvalue weighted by atomic mass is 10.1. The SMILES string of the molecule is CC(C)NC(=O)C(C)N(Cc1ccccc1Cl)C(=O)CN(c1ccc(I)cc1)S(=O)(=O)c1ccccc1. The van der Waals surface area contributed by atoms with E-state index in [-0.39, 0.29) is 23.4 Å². The number of rotatable bonds is 10. The maximum Gasteiger partial charge on any atom is 0.264 e. The number of hydrogen-bond acceptors (Lipinski definition) is 4. The molecular weight excluding hydrogens is 625 g/mol. The minimum Gasteiger partial charge on any atom is -0.352 e. The van der Waals surface area contributed by atoms with E-state index in [2.05, 4.69) is 27.9 Å². The van der Waals surface area contributed by atoms with Crippen molar-refractivity contribution < 1.29 is 18.0 Å². The fourth-order valence-corrected chi connectivity index (χ4v) is 5.64. The van der Waals surface area contributed by atoms with Crippen molar-refractivity contribution in [2.75, 3.05) is 10.8 Å². The minimum absolute atomic E-state index is 0.0388. The van der Waals surface area contributed by atoms with E-state index in [1.54, 1.807) is 73.7 Å². The molecule has 7 nitrogen and oxygen atoms in total. The molecule has 3 aromatic carbocycles. The number of hydrogen-bond donors (Lipinski definition) is 1. The van der Waals surface area contributed by atoms with Gasteiger partial charge in [0.15, 0.2) is 0 Å². The minimum atomic E-state index is -4.08. The third-order valence-electron chi connectivity index (χ3n) is 5.62. The molecule has 10 heteroatoms. The van der Waals surface area contributed by atoms with E-state index < -0.39 is 28.5 Å². The standard InChI is InChI=1S/C27H29ClIN3O4S/c1-19(2)30-27(34)20(3)31(17-21-9-7-8-12-25(21)28)26(33)18-32(23-15-13-22(29)14-16-23)37(35,36)24-10-5-4-6-11-24/h4-16,19-20H,17-18H2,1-3H3,(H,30,34). The second kappa shape index (κ2) is 12.7. The molecule has 0 radical (unpaired) electrons. The fraction of sp³-hybridized carbons (Fsp3) is 0.259. The highest BCUT2D eigenvalue weighted by Gasteiger charge is 2.32. The molecule has 0 spiro atoms. The number of amides is 2. The summed E-state index contributed by atoms with van der Waals surface area (Å²) in [7, 11) is -4.08. The molecule has 1 atom stereocenters. The number of carbonyl (C=O) groups excluding carboxylic acids is 2. The van der Waals surface area contributed by atoms with E-state index >= 15 is 0 Å². The number of anilines is 1. The second-order valence-electron chi connectivity index (χ2n) is 8.75. The first-order valence-electron chi connectivity index (χ1n) is 11.7. The maximum absolute atomic E-state index is 13.8. The first kappa shape index (κ1) is 28.9. The van der Waals surface area contributed by atoms with Crippen molar-refractivity contribution in [1.82, 2.24) is 10.2 Å². The van der Waals surface area contributed by atoms with E-state index in [4.69, 9.17) is 11.6 Å². The van der Waals surface area contributed by atoms with Gasteiger partial charge in [0.2, 0.25) is 11.8 Å². The fourth-order valence-electron chi connectivity index (χ4n) is 3.65. The molecule has 2 amide bonds. The third-order valence-corrected chi connectivity index (χ3v) is 8.50. The van der Waals surface area contributed by atoms with Gasteiger partial charge in [0.1, 0.15) is 12.6 Å². The van der Waals surface area contributed by atoms with E-state index in [9.17, 15) is 18.0 Å². The van der Waals surface area contributed by atoms with Crippen molar-refractivity contribution in [3.05, 3.63) is 93.0 Å². The van der Waals surface area contributed by atoms with Gasteiger partial charge in [0, 0.05) is 21.2 Å². The number of sulfonamides is 1. The molecule has 37 heavy (non-hydrogen) atoms. The predicted molar refractivity (Wildman–Crippen MR) is 155 cm³/mol. The van der Waals surface area contributed by atoms with Crippen molar-refractivity contribution in [1.29, 1.82) is 0 Å². The van der Waals surface area contributed by atoms with Gasteiger partial charge in [-0.15, -0.1) is 0 Å². The van der Waals surface area contributed by atoms with Crippen LogP contribution in [0.15, 0.2) is 83.8 Å². The lowest BCUT2D eigenvalue weighted by Gasteiger charge is -2.32. The quantitative estimate of drug-likeness (QED) is 0.309. The van der Waals surface area contributed by atoms with Crippen molar-refractivity contribution in [3.8, 4) is 0 Å². The van der Waals surface area contributed by atoms with Crippen LogP contribution in [0.2, 0.25) is 5.02 Å². The summed E-state index contributed by atoms with van der Waals surface area (Å²) in [4.78, 5) is 28.2. The Bertz CT molecular complexity index is 1340. The molecule has 0 aliphatic rings. The van der Waals surface area contributed by atoms with Crippen LogP contribution in [0.5, 0.6) is 0 Å². The van der Waals surface area contributed by atoms with Crippen LogP contribution in [0, 0.1) is 3.57 Å². The number of benzene rings is 3. The summed E-state index contributed by atoms with van der Waals surface area (Å²) in [5.41, 5.74) is 0.989. The molecule has 0 aliphatic carbocycles. The molecule has 0 aliphatic heterocycles. The van der Waals surface area contributed by atoms with Crippen molar-refractivity contribution in [3.63, 3.8) is 0 Å². The van der Waals surface area contributed by atoms with Crippen molar-refractivity contribution in [2.24, 2.45) is 0 Å². The Morgan fingerprint density at radius 1 is 0.919 bits per heavy atom. The number of nitrogens with zero attached hydrogens (tertiary/aromatic N) is 2. The number of carbonyl (C=O) groups is 2. The Morgan fingerprint density at radius 3 is 2.11 bits per heavy atom. The van der Waals surface area contributed by atoms with Gasteiger partial charge in [-0.1, -0.05) is 48.0 Å². The van der Waals surface area contributed by atoms with Crippen molar-refractivity contribution >= 4 is 61.7 Å². The summed E-state index contributed by atoms with van der Waals surface area (Å²) in [6.07, 6.45) is 0. The van der Waals surface area contributed by atoms with Crippen LogP contribution in [0.3, 0.4) is 0 Å². The summed E-state index contributed by atoms with van der Waals surface area (Å²) in [5, 5.41) is 3.27. The molecular formula is C27H29ClIN3O4S. The summed E-state index contributed by atoms with van der Waals surface area (Å²) in [5.74, 6) is -0.883. The maximum atomic E-state index is 13.8. The molecule has 0 saturated carbocycles. The van der Waals surface area contributed by atoms with Gasteiger partial charge in [-0.25, -0.2) is 8.42 Å². The highest BCUT2D eigenvalue weighted by atomic mass is 127. The summed E-state index contributed by atoms with van der Waals surface area (Å²) >= 11 is 8.49. The van der Waals surface area contributed by atoms with Gasteiger partial charge in [-0.3, -0.25) is 13.9 Å². The highest BCUT2D eigenvalue weighted by molar-refractivity contribution is 14.1. The van der Waals surface area contributed by atoms with Crippen LogP contribution in [-0.4, -0.2) is 43.8 Å². The van der Waals surface area contributed by atoms with E-state index in [1.807, 2.05) is 13.8 Å². The zero-order valence-electron chi connectivity index (χ0n) is 20.8. The van der Waals surface area contributed by atoms with Crippen LogP contribution in [0.25, 0.3) is 0 Å². The Hall–Kier alpha value is -2.63. The largest absolute Gasteiger partial charge is 0.352 e. The molecule has 1 N–H and O–H groups in total. The smallest absolute Gasteiger partial charge is 0.264 e. The van der Waals surface area contributed by atoms with E-state index in [0.717, 1.165) is 7.88 Å². The van der Waals surface area contributed by atoms with Gasteiger partial charge in [-0.05, 0) is 91.4 Å². The van der Waals surface area contributed by atoms with Gasteiger partial charge in [-0.2, -0.15) is 0 Å². The first-order chi connectivity index (χ1) is 17.5. The average molecular weight is 654 g/mol. The molecule has 0 bridgehead atoms. The molecule has 196 valence electrons. The normalized spacial score (nSPS) is 12.2. The summed E-state index contributed by atoms with van der Waals surface area (Å²) in [6.45, 7) is 4.82. The van der Waals surface area contributed by atoms with Crippen LogP contribution < -0.4 is 9.62 Å². The zero-order valence-corrected chi connectivity index (χ0v) is 24.5. The Labute approximate surface area is 237 Å². The monoisotopic (exact) mass is 653 g/mol. The Morgan fingerprint density at radius 2 is 1.51 bits per heavy atom. The van der Waals surface area contributed by atoms with Crippen LogP contribution in [0.1, 0.15) is 26.3 Å². The van der Waals surface area contributed by atoms with Crippen molar-refractivity contribution in [2.45, 2.75) is 44.3 Å². The Balaban J connectivity index is 2.02. The van der Waals surface area contributed by atoms with E-state index in [1.165, 1.54) is 17.0 Å². The third kappa shape index (κ3) is 7.45. The molecule has 0 aromatic heterocycles. The summed E-state index contributed by atoms with van der Waals surface area (Å²) < 4.78 is 29.4. The zero-order chi connectivity index (χ0) is 27.2. The number of halogens is 2. The highest BCUT2D eigenvalue weighted by Crippen LogP contribution is 2.26. The predicted octanol–water partition coefficient (Wildman–Crippen LogP) is 5.08. The Kier molecular flexibility index (Phi) is 9.97. The number of nitrogens with one attached hydrogen (secondary N) is 1. The molecule has 0 heterocycles. The molecule has 0 saturated heterocycles. The van der Waals surface area contributed by atoms with Crippen LogP contribution in [-0.2, 0) is 26.2 Å². The average Bonchev–Trinajstić information content (AvgIpc) is 2.87. The van der Waals surface area contributed by atoms with Gasteiger partial charge in [0.05, 0.1) is 10.6 Å².